The number of rotatable bonds is 3. The molecule has 1 aliphatic heterocycles. The maximum absolute atomic E-state index is 13.0. The lowest BCUT2D eigenvalue weighted by molar-refractivity contribution is -0.145. The Kier molecular flexibility index (Phi) is 4.14. The molecule has 3 aliphatic carbocycles. The molecule has 0 spiro atoms. The molecule has 1 saturated heterocycles. The van der Waals surface area contributed by atoms with Crippen molar-refractivity contribution in [3.05, 3.63) is 12.2 Å². The molecule has 0 aromatic heterocycles. The molecule has 4 atom stereocenters. The molecular weight excluding hydrogens is 292 g/mol. The average molecular weight is 318 g/mol. The predicted octanol–water partition coefficient (Wildman–Crippen LogP) is 1.34. The second-order valence-corrected chi connectivity index (χ2v) is 7.43. The highest BCUT2D eigenvalue weighted by atomic mass is 16.5. The van der Waals surface area contributed by atoms with Gasteiger partial charge in [0.25, 0.3) is 0 Å². The number of carbonyl (C=O) groups excluding carboxylic acids is 2. The quantitative estimate of drug-likeness (QED) is 0.799. The second-order valence-electron chi connectivity index (χ2n) is 7.43. The molecule has 5 nitrogen and oxygen atoms in total. The first kappa shape index (κ1) is 15.2. The van der Waals surface area contributed by atoms with Crippen LogP contribution in [-0.2, 0) is 14.3 Å². The van der Waals surface area contributed by atoms with E-state index in [1.54, 1.807) is 0 Å². The summed E-state index contributed by atoms with van der Waals surface area (Å²) in [6.07, 6.45) is 9.87. The minimum absolute atomic E-state index is 0.111. The lowest BCUT2D eigenvalue weighted by Gasteiger charge is -2.34. The summed E-state index contributed by atoms with van der Waals surface area (Å²) < 4.78 is 5.35. The molecule has 23 heavy (non-hydrogen) atoms. The summed E-state index contributed by atoms with van der Waals surface area (Å²) in [5.41, 5.74) is 0. The minimum Gasteiger partial charge on any atom is -0.378 e. The fourth-order valence-electron chi connectivity index (χ4n) is 4.88. The van der Waals surface area contributed by atoms with Crippen molar-refractivity contribution in [2.24, 2.45) is 23.7 Å². The smallest absolute Gasteiger partial charge is 0.227 e. The lowest BCUT2D eigenvalue weighted by Crippen LogP contribution is -2.50. The Bertz CT molecular complexity index is 506. The Morgan fingerprint density at radius 3 is 2.35 bits per heavy atom. The number of carbonyl (C=O) groups is 2. The molecule has 1 heterocycles. The van der Waals surface area contributed by atoms with Crippen LogP contribution in [0.3, 0.4) is 0 Å². The van der Waals surface area contributed by atoms with Crippen molar-refractivity contribution >= 4 is 11.8 Å². The zero-order valence-electron chi connectivity index (χ0n) is 13.6. The van der Waals surface area contributed by atoms with Gasteiger partial charge in [-0.1, -0.05) is 25.0 Å². The number of nitrogens with zero attached hydrogens (tertiary/aromatic N) is 1. The van der Waals surface area contributed by atoms with Gasteiger partial charge < -0.3 is 15.0 Å². The van der Waals surface area contributed by atoms with Crippen LogP contribution in [0.25, 0.3) is 0 Å². The van der Waals surface area contributed by atoms with Crippen LogP contribution in [0.5, 0.6) is 0 Å². The van der Waals surface area contributed by atoms with E-state index in [1.165, 1.54) is 12.8 Å². The predicted molar refractivity (Wildman–Crippen MR) is 85.5 cm³/mol. The molecule has 2 saturated carbocycles. The Morgan fingerprint density at radius 2 is 1.65 bits per heavy atom. The zero-order valence-corrected chi connectivity index (χ0v) is 13.6. The van der Waals surface area contributed by atoms with Crippen molar-refractivity contribution in [3.63, 3.8) is 0 Å². The molecule has 126 valence electrons. The van der Waals surface area contributed by atoms with Gasteiger partial charge in [-0.15, -0.1) is 0 Å². The number of nitrogens with one attached hydrogen (secondary N) is 1. The highest BCUT2D eigenvalue weighted by Crippen LogP contribution is 2.49. The topological polar surface area (TPSA) is 58.6 Å². The lowest BCUT2D eigenvalue weighted by atomic mass is 9.81. The van der Waals surface area contributed by atoms with E-state index >= 15 is 0 Å². The summed E-state index contributed by atoms with van der Waals surface area (Å²) in [6.45, 7) is 2.55. The molecule has 2 bridgehead atoms. The second kappa shape index (κ2) is 6.27. The van der Waals surface area contributed by atoms with Crippen LogP contribution in [-0.4, -0.2) is 49.1 Å². The highest BCUT2D eigenvalue weighted by Gasteiger charge is 2.52. The molecule has 0 unspecified atom stereocenters. The molecule has 0 aromatic rings. The monoisotopic (exact) mass is 318 g/mol. The van der Waals surface area contributed by atoms with Gasteiger partial charge in [0.15, 0.2) is 0 Å². The Labute approximate surface area is 137 Å². The van der Waals surface area contributed by atoms with E-state index in [9.17, 15) is 9.59 Å². The summed E-state index contributed by atoms with van der Waals surface area (Å²) in [5, 5.41) is 3.23. The summed E-state index contributed by atoms with van der Waals surface area (Å²) in [7, 11) is 0. The van der Waals surface area contributed by atoms with E-state index in [0.717, 1.165) is 19.3 Å². The molecule has 4 aliphatic rings. The number of fused-ring (bicyclic) bond motifs is 2. The van der Waals surface area contributed by atoms with Crippen molar-refractivity contribution in [3.8, 4) is 0 Å². The van der Waals surface area contributed by atoms with Gasteiger partial charge in [0.2, 0.25) is 11.8 Å². The number of allylic oxidation sites excluding steroid dienone is 2. The first-order chi connectivity index (χ1) is 11.2. The van der Waals surface area contributed by atoms with E-state index in [2.05, 4.69) is 17.5 Å². The first-order valence-corrected chi connectivity index (χ1v) is 9.09. The molecule has 0 radical (unpaired) electrons. The van der Waals surface area contributed by atoms with E-state index in [1.807, 2.05) is 4.90 Å². The van der Waals surface area contributed by atoms with Crippen LogP contribution in [0.1, 0.15) is 32.1 Å². The molecule has 3 fully saturated rings. The minimum atomic E-state index is -0.166. The maximum Gasteiger partial charge on any atom is 0.227 e. The van der Waals surface area contributed by atoms with Crippen molar-refractivity contribution in [1.29, 1.82) is 0 Å². The van der Waals surface area contributed by atoms with E-state index in [0.29, 0.717) is 32.3 Å². The highest BCUT2D eigenvalue weighted by molar-refractivity contribution is 5.90. The molecule has 4 rings (SSSR count). The fraction of sp³-hybridized carbons (Fsp3) is 0.778. The van der Waals surface area contributed by atoms with Gasteiger partial charge in [-0.3, -0.25) is 9.59 Å². The number of hydrogen-bond acceptors (Lipinski definition) is 3. The van der Waals surface area contributed by atoms with Crippen LogP contribution in [0.15, 0.2) is 12.2 Å². The van der Waals surface area contributed by atoms with Gasteiger partial charge >= 0.3 is 0 Å². The Balaban J connectivity index is 1.48. The fourth-order valence-corrected chi connectivity index (χ4v) is 4.88. The summed E-state index contributed by atoms with van der Waals surface area (Å²) >= 11 is 0. The number of morpholine rings is 1. The van der Waals surface area contributed by atoms with Gasteiger partial charge in [0.05, 0.1) is 25.0 Å². The molecule has 5 heteroatoms. The molecule has 1 N–H and O–H groups in total. The summed E-state index contributed by atoms with van der Waals surface area (Å²) in [4.78, 5) is 27.7. The number of amides is 2. The Hall–Kier alpha value is -1.36. The van der Waals surface area contributed by atoms with Crippen molar-refractivity contribution in [2.45, 2.75) is 38.1 Å². The maximum atomic E-state index is 13.0. The van der Waals surface area contributed by atoms with Gasteiger partial charge in [-0.2, -0.15) is 0 Å². The van der Waals surface area contributed by atoms with Gasteiger partial charge in [-0.05, 0) is 31.1 Å². The molecule has 2 amide bonds. The van der Waals surface area contributed by atoms with Gasteiger partial charge in [0.1, 0.15) is 0 Å². The van der Waals surface area contributed by atoms with Crippen LogP contribution in [0.4, 0.5) is 0 Å². The van der Waals surface area contributed by atoms with Gasteiger partial charge in [0, 0.05) is 19.1 Å². The third kappa shape index (κ3) is 2.80. The normalized spacial score (nSPS) is 36.6. The van der Waals surface area contributed by atoms with E-state index in [-0.39, 0.29) is 35.5 Å². The zero-order chi connectivity index (χ0) is 15.8. The van der Waals surface area contributed by atoms with Crippen LogP contribution in [0.2, 0.25) is 0 Å². The first-order valence-electron chi connectivity index (χ1n) is 9.09. The van der Waals surface area contributed by atoms with Crippen LogP contribution in [0, 0.1) is 23.7 Å². The van der Waals surface area contributed by atoms with Crippen molar-refractivity contribution in [1.82, 2.24) is 10.2 Å². The number of hydrogen-bond donors (Lipinski definition) is 1. The Morgan fingerprint density at radius 1 is 1.00 bits per heavy atom. The number of ether oxygens (including phenoxy) is 1. The summed E-state index contributed by atoms with van der Waals surface area (Å²) in [6, 6.07) is 0.324. The average Bonchev–Trinajstić information content (AvgIpc) is 3.31. The van der Waals surface area contributed by atoms with Crippen molar-refractivity contribution in [2.75, 3.05) is 26.3 Å². The third-order valence-electron chi connectivity index (χ3n) is 6.07. The van der Waals surface area contributed by atoms with Crippen LogP contribution >= 0.6 is 0 Å². The van der Waals surface area contributed by atoms with Crippen molar-refractivity contribution < 1.29 is 14.3 Å². The standard InChI is InChI=1S/C18H26N2O3/c21-17(19-14-3-1-2-4-14)15-12-5-6-13(11-12)16(15)18(22)20-7-9-23-10-8-20/h5-6,12-16H,1-4,7-11H2,(H,19,21)/t12-,13-,15-,16+/m0/s1. The summed E-state index contributed by atoms with van der Waals surface area (Å²) in [5.74, 6) is 0.439. The molecular formula is C18H26N2O3. The van der Waals surface area contributed by atoms with E-state index in [4.69, 9.17) is 4.74 Å². The SMILES string of the molecule is O=C(NC1CCCC1)[C@@H]1[C@H](C(=O)N2CCOCC2)[C@H]2C=C[C@H]1C2. The van der Waals surface area contributed by atoms with Gasteiger partial charge in [-0.25, -0.2) is 0 Å². The largest absolute Gasteiger partial charge is 0.378 e. The van der Waals surface area contributed by atoms with Crippen LogP contribution < -0.4 is 5.32 Å². The molecule has 0 aromatic carbocycles. The third-order valence-corrected chi connectivity index (χ3v) is 6.07. The van der Waals surface area contributed by atoms with E-state index < -0.39 is 0 Å².